The highest BCUT2D eigenvalue weighted by molar-refractivity contribution is 6.02. The van der Waals surface area contributed by atoms with Gasteiger partial charge in [-0.1, -0.05) is 6.07 Å². The quantitative estimate of drug-likeness (QED) is 0.909. The van der Waals surface area contributed by atoms with Gasteiger partial charge < -0.3 is 10.2 Å². The molecule has 2 N–H and O–H groups in total. The van der Waals surface area contributed by atoms with Crippen LogP contribution in [-0.4, -0.2) is 39.7 Å². The number of nitrogens with one attached hydrogen (secondary N) is 2. The van der Waals surface area contributed by atoms with Crippen LogP contribution in [0.15, 0.2) is 30.5 Å². The predicted molar refractivity (Wildman–Crippen MR) is 92.2 cm³/mol. The molecule has 1 fully saturated rings. The van der Waals surface area contributed by atoms with Crippen molar-refractivity contribution in [3.05, 3.63) is 41.6 Å². The summed E-state index contributed by atoms with van der Waals surface area (Å²) in [6.07, 6.45) is 3.85. The summed E-state index contributed by atoms with van der Waals surface area (Å²) in [5, 5.41) is 9.55. The molecule has 2 aromatic rings. The van der Waals surface area contributed by atoms with Crippen molar-refractivity contribution in [1.29, 1.82) is 0 Å². The molecule has 0 spiro atoms. The zero-order chi connectivity index (χ0) is 17.1. The molecule has 0 saturated carbocycles. The van der Waals surface area contributed by atoms with E-state index in [1.165, 1.54) is 0 Å². The van der Waals surface area contributed by atoms with Crippen molar-refractivity contribution >= 4 is 23.4 Å². The van der Waals surface area contributed by atoms with E-state index in [9.17, 15) is 9.59 Å². The predicted octanol–water partition coefficient (Wildman–Crippen LogP) is 2.61. The average molecular weight is 327 g/mol. The fourth-order valence-corrected chi connectivity index (χ4v) is 2.84. The van der Waals surface area contributed by atoms with E-state index in [0.717, 1.165) is 31.5 Å². The Hall–Kier alpha value is -2.83. The van der Waals surface area contributed by atoms with Gasteiger partial charge in [0.1, 0.15) is 0 Å². The van der Waals surface area contributed by atoms with E-state index >= 15 is 0 Å². The van der Waals surface area contributed by atoms with Crippen LogP contribution < -0.4 is 10.6 Å². The topological polar surface area (TPSA) is 79.3 Å². The Labute approximate surface area is 140 Å². The lowest BCUT2D eigenvalue weighted by atomic mass is 10.1. The molecule has 24 heavy (non-hydrogen) atoms. The van der Waals surface area contributed by atoms with Gasteiger partial charge in [0.05, 0.1) is 0 Å². The Morgan fingerprint density at radius 1 is 1.12 bits per heavy atom. The Balaban J connectivity index is 1.72. The van der Waals surface area contributed by atoms with Crippen LogP contribution in [-0.2, 0) is 7.05 Å². The molecule has 1 aliphatic heterocycles. The van der Waals surface area contributed by atoms with Crippen molar-refractivity contribution in [1.82, 2.24) is 14.7 Å². The van der Waals surface area contributed by atoms with Gasteiger partial charge in [0.25, 0.3) is 5.91 Å². The lowest BCUT2D eigenvalue weighted by molar-refractivity contribution is 0.0792. The maximum atomic E-state index is 12.6. The summed E-state index contributed by atoms with van der Waals surface area (Å²) in [5.41, 5.74) is 2.02. The van der Waals surface area contributed by atoms with Gasteiger partial charge in [-0.05, 0) is 37.5 Å². The average Bonchev–Trinajstić information content (AvgIpc) is 3.20. The van der Waals surface area contributed by atoms with E-state index in [1.807, 2.05) is 11.8 Å². The summed E-state index contributed by atoms with van der Waals surface area (Å²) in [4.78, 5) is 26.6. The van der Waals surface area contributed by atoms with Gasteiger partial charge >= 0.3 is 6.03 Å². The summed E-state index contributed by atoms with van der Waals surface area (Å²) in [7, 11) is 1.78. The van der Waals surface area contributed by atoms with Gasteiger partial charge in [0.2, 0.25) is 0 Å². The molecule has 7 heteroatoms. The Bertz CT molecular complexity index is 762. The summed E-state index contributed by atoms with van der Waals surface area (Å²) >= 11 is 0. The molecule has 1 aromatic carbocycles. The molecule has 0 bridgehead atoms. The number of hydrogen-bond acceptors (Lipinski definition) is 3. The van der Waals surface area contributed by atoms with Crippen LogP contribution in [0.25, 0.3) is 0 Å². The SMILES string of the molecule is Cc1c(NC(=O)Nc2ccn(C)n2)cccc1C(=O)N1CCCC1. The normalized spacial score (nSPS) is 13.8. The first-order chi connectivity index (χ1) is 11.5. The molecule has 0 unspecified atom stereocenters. The lowest BCUT2D eigenvalue weighted by Crippen LogP contribution is -2.28. The fourth-order valence-electron chi connectivity index (χ4n) is 2.84. The smallest absolute Gasteiger partial charge is 0.324 e. The highest BCUT2D eigenvalue weighted by atomic mass is 16.2. The maximum Gasteiger partial charge on any atom is 0.324 e. The zero-order valence-corrected chi connectivity index (χ0v) is 13.9. The summed E-state index contributed by atoms with van der Waals surface area (Å²) in [5.74, 6) is 0.496. The Morgan fingerprint density at radius 2 is 1.88 bits per heavy atom. The number of nitrogens with zero attached hydrogens (tertiary/aromatic N) is 3. The standard InChI is InChI=1S/C17H21N5O2/c1-12-13(16(23)22-9-3-4-10-22)6-5-7-14(12)18-17(24)19-15-8-11-21(2)20-15/h5-8,11H,3-4,9-10H2,1-2H3,(H2,18,19,20,24). The van der Waals surface area contributed by atoms with Crippen LogP contribution >= 0.6 is 0 Å². The number of carbonyl (C=O) groups excluding carboxylic acids is 2. The molecule has 126 valence electrons. The second-order valence-electron chi connectivity index (χ2n) is 5.93. The second kappa shape index (κ2) is 6.74. The summed E-state index contributed by atoms with van der Waals surface area (Å²) in [6, 6.07) is 6.70. The van der Waals surface area contributed by atoms with Crippen LogP contribution in [0.2, 0.25) is 0 Å². The molecule has 1 aromatic heterocycles. The molecular formula is C17H21N5O2. The summed E-state index contributed by atoms with van der Waals surface area (Å²) < 4.78 is 1.61. The zero-order valence-electron chi connectivity index (χ0n) is 13.9. The fraction of sp³-hybridized carbons (Fsp3) is 0.353. The minimum atomic E-state index is -0.387. The minimum absolute atomic E-state index is 0.0267. The minimum Gasteiger partial charge on any atom is -0.339 e. The van der Waals surface area contributed by atoms with Gasteiger partial charge in [0, 0.05) is 43.7 Å². The molecule has 3 amide bonds. The number of likely N-dealkylation sites (tertiary alicyclic amines) is 1. The Morgan fingerprint density at radius 3 is 2.54 bits per heavy atom. The highest BCUT2D eigenvalue weighted by Gasteiger charge is 2.22. The molecular weight excluding hydrogens is 306 g/mol. The van der Waals surface area contributed by atoms with Crippen molar-refractivity contribution in [2.45, 2.75) is 19.8 Å². The maximum absolute atomic E-state index is 12.6. The third-order valence-corrected chi connectivity index (χ3v) is 4.16. The Kier molecular flexibility index (Phi) is 4.50. The van der Waals surface area contributed by atoms with Crippen LogP contribution in [0.3, 0.4) is 0 Å². The van der Waals surface area contributed by atoms with Crippen LogP contribution in [0.5, 0.6) is 0 Å². The number of benzene rings is 1. The van der Waals surface area contributed by atoms with Crippen molar-refractivity contribution in [2.24, 2.45) is 7.05 Å². The molecule has 0 aliphatic carbocycles. The van der Waals surface area contributed by atoms with Gasteiger partial charge in [-0.2, -0.15) is 5.10 Å². The van der Waals surface area contributed by atoms with E-state index in [-0.39, 0.29) is 11.9 Å². The van der Waals surface area contributed by atoms with Crippen LogP contribution in [0.1, 0.15) is 28.8 Å². The van der Waals surface area contributed by atoms with E-state index in [1.54, 1.807) is 42.2 Å². The van der Waals surface area contributed by atoms with Crippen LogP contribution in [0.4, 0.5) is 16.3 Å². The number of carbonyl (C=O) groups is 2. The van der Waals surface area contributed by atoms with Gasteiger partial charge in [-0.25, -0.2) is 4.79 Å². The van der Waals surface area contributed by atoms with E-state index in [0.29, 0.717) is 17.1 Å². The highest BCUT2D eigenvalue weighted by Crippen LogP contribution is 2.22. The first-order valence-electron chi connectivity index (χ1n) is 8.01. The van der Waals surface area contributed by atoms with Crippen LogP contribution in [0, 0.1) is 6.92 Å². The molecule has 0 atom stereocenters. The number of aryl methyl sites for hydroxylation is 1. The monoisotopic (exact) mass is 327 g/mol. The lowest BCUT2D eigenvalue weighted by Gasteiger charge is -2.18. The third kappa shape index (κ3) is 3.40. The third-order valence-electron chi connectivity index (χ3n) is 4.16. The van der Waals surface area contributed by atoms with E-state index in [4.69, 9.17) is 0 Å². The first kappa shape index (κ1) is 16.0. The molecule has 2 heterocycles. The number of amides is 3. The number of aromatic nitrogens is 2. The first-order valence-corrected chi connectivity index (χ1v) is 8.01. The largest absolute Gasteiger partial charge is 0.339 e. The molecule has 1 saturated heterocycles. The number of anilines is 2. The molecule has 3 rings (SSSR count). The molecule has 1 aliphatic rings. The summed E-state index contributed by atoms with van der Waals surface area (Å²) in [6.45, 7) is 3.45. The molecule has 7 nitrogen and oxygen atoms in total. The number of hydrogen-bond donors (Lipinski definition) is 2. The van der Waals surface area contributed by atoms with Crippen molar-refractivity contribution in [3.8, 4) is 0 Å². The second-order valence-corrected chi connectivity index (χ2v) is 5.93. The van der Waals surface area contributed by atoms with Crippen molar-refractivity contribution in [2.75, 3.05) is 23.7 Å². The van der Waals surface area contributed by atoms with Crippen molar-refractivity contribution in [3.63, 3.8) is 0 Å². The molecule has 0 radical (unpaired) electrons. The number of urea groups is 1. The van der Waals surface area contributed by atoms with E-state index in [2.05, 4.69) is 15.7 Å². The van der Waals surface area contributed by atoms with Gasteiger partial charge in [0.15, 0.2) is 5.82 Å². The van der Waals surface area contributed by atoms with Gasteiger partial charge in [-0.15, -0.1) is 0 Å². The van der Waals surface area contributed by atoms with Crippen molar-refractivity contribution < 1.29 is 9.59 Å². The van der Waals surface area contributed by atoms with E-state index < -0.39 is 0 Å². The van der Waals surface area contributed by atoms with Gasteiger partial charge in [-0.3, -0.25) is 14.8 Å². The number of rotatable bonds is 3.